The monoisotopic (exact) mass is 379 g/mol. The number of carbonyl (C=O) groups is 1. The van der Waals surface area contributed by atoms with Crippen LogP contribution in [0.4, 0.5) is 0 Å². The number of hydrogen-bond donors (Lipinski definition) is 1. The number of aliphatic carboxylic acids is 1. The van der Waals surface area contributed by atoms with Crippen molar-refractivity contribution in [1.29, 1.82) is 0 Å². The minimum atomic E-state index is -0.684. The summed E-state index contributed by atoms with van der Waals surface area (Å²) in [6.07, 6.45) is 1.37. The van der Waals surface area contributed by atoms with E-state index in [1.807, 2.05) is 25.1 Å². The van der Waals surface area contributed by atoms with Crippen molar-refractivity contribution in [1.82, 2.24) is 4.90 Å². The third-order valence-corrected chi connectivity index (χ3v) is 5.90. The number of benzene rings is 1. The first-order valence-electron chi connectivity index (χ1n) is 8.53. The summed E-state index contributed by atoms with van der Waals surface area (Å²) in [5, 5.41) is 9.23. The molecule has 1 saturated heterocycles. The fraction of sp³-hybridized carbons (Fsp3) is 0.421. The largest absolute Gasteiger partial charge is 0.494 e. The van der Waals surface area contributed by atoms with E-state index in [0.29, 0.717) is 19.4 Å². The van der Waals surface area contributed by atoms with Crippen LogP contribution < -0.4 is 4.74 Å². The molecule has 3 rings (SSSR count). The normalized spacial score (nSPS) is 17.4. The van der Waals surface area contributed by atoms with Gasteiger partial charge in [-0.2, -0.15) is 0 Å². The number of hydrogen-bond acceptors (Lipinski definition) is 4. The number of nitrogens with zero attached hydrogens (tertiary/aromatic N) is 1. The van der Waals surface area contributed by atoms with Gasteiger partial charge in [-0.25, -0.2) is 0 Å². The highest BCUT2D eigenvalue weighted by Crippen LogP contribution is 2.37. The highest BCUT2D eigenvalue weighted by molar-refractivity contribution is 7.16. The number of piperidine rings is 1. The Morgan fingerprint density at radius 3 is 2.48 bits per heavy atom. The lowest BCUT2D eigenvalue weighted by atomic mass is 9.94. The van der Waals surface area contributed by atoms with E-state index >= 15 is 0 Å². The maximum atomic E-state index is 11.2. The van der Waals surface area contributed by atoms with Crippen molar-refractivity contribution in [3.8, 4) is 5.75 Å². The Labute approximate surface area is 157 Å². The molecule has 0 spiro atoms. The van der Waals surface area contributed by atoms with E-state index in [9.17, 15) is 9.90 Å². The zero-order valence-electron chi connectivity index (χ0n) is 14.2. The van der Waals surface area contributed by atoms with Gasteiger partial charge in [0.05, 0.1) is 22.9 Å². The second-order valence-corrected chi connectivity index (χ2v) is 7.94. The smallest absolute Gasteiger partial charge is 0.306 e. The molecule has 0 aliphatic carbocycles. The Bertz CT molecular complexity index is 708. The minimum Gasteiger partial charge on any atom is -0.494 e. The van der Waals surface area contributed by atoms with E-state index in [1.165, 1.54) is 10.4 Å². The summed E-state index contributed by atoms with van der Waals surface area (Å²) in [6, 6.07) is 12.3. The van der Waals surface area contributed by atoms with Crippen molar-refractivity contribution in [2.45, 2.75) is 25.8 Å². The molecule has 1 aromatic carbocycles. The van der Waals surface area contributed by atoms with E-state index in [-0.39, 0.29) is 12.0 Å². The zero-order chi connectivity index (χ0) is 17.8. The fourth-order valence-electron chi connectivity index (χ4n) is 3.35. The molecule has 0 amide bonds. The van der Waals surface area contributed by atoms with Crippen LogP contribution in [-0.4, -0.2) is 35.7 Å². The van der Waals surface area contributed by atoms with Crippen LogP contribution in [0, 0.1) is 5.92 Å². The van der Waals surface area contributed by atoms with Gasteiger partial charge in [0.1, 0.15) is 5.75 Å². The van der Waals surface area contributed by atoms with Crippen LogP contribution >= 0.6 is 22.9 Å². The number of carboxylic acid groups (broad SMARTS) is 1. The molecule has 0 radical (unpaired) electrons. The number of likely N-dealkylation sites (tertiary alicyclic amines) is 1. The second-order valence-electron chi connectivity index (χ2n) is 6.19. The van der Waals surface area contributed by atoms with Crippen molar-refractivity contribution in [2.75, 3.05) is 19.7 Å². The van der Waals surface area contributed by atoms with Crippen LogP contribution in [0.5, 0.6) is 5.75 Å². The second kappa shape index (κ2) is 8.21. The number of ether oxygens (including phenoxy) is 1. The molecule has 1 aliphatic rings. The van der Waals surface area contributed by atoms with Gasteiger partial charge in [-0.1, -0.05) is 23.7 Å². The third-order valence-electron chi connectivity index (χ3n) is 4.61. The van der Waals surface area contributed by atoms with Crippen LogP contribution in [0.25, 0.3) is 0 Å². The quantitative estimate of drug-likeness (QED) is 0.791. The summed E-state index contributed by atoms with van der Waals surface area (Å²) in [7, 11) is 0. The Balaban J connectivity index is 1.84. The van der Waals surface area contributed by atoms with Gasteiger partial charge in [0.2, 0.25) is 0 Å². The van der Waals surface area contributed by atoms with Gasteiger partial charge in [0, 0.05) is 4.88 Å². The molecule has 1 fully saturated rings. The van der Waals surface area contributed by atoms with Gasteiger partial charge in [-0.05, 0) is 62.7 Å². The molecular formula is C19H22ClNO3S. The molecular weight excluding hydrogens is 358 g/mol. The van der Waals surface area contributed by atoms with E-state index in [2.05, 4.69) is 23.1 Å². The summed E-state index contributed by atoms with van der Waals surface area (Å²) in [6.45, 7) is 4.15. The maximum absolute atomic E-state index is 11.2. The zero-order valence-corrected chi connectivity index (χ0v) is 15.7. The molecule has 1 aliphatic heterocycles. The summed E-state index contributed by atoms with van der Waals surface area (Å²) < 4.78 is 6.31. The Morgan fingerprint density at radius 2 is 1.96 bits per heavy atom. The fourth-order valence-corrected chi connectivity index (χ4v) is 4.57. The van der Waals surface area contributed by atoms with Crippen molar-refractivity contribution >= 4 is 28.9 Å². The highest BCUT2D eigenvalue weighted by atomic mass is 35.5. The van der Waals surface area contributed by atoms with Gasteiger partial charge in [0.15, 0.2) is 0 Å². The predicted molar refractivity (Wildman–Crippen MR) is 101 cm³/mol. The van der Waals surface area contributed by atoms with Crippen molar-refractivity contribution in [3.63, 3.8) is 0 Å². The van der Waals surface area contributed by atoms with Gasteiger partial charge >= 0.3 is 5.97 Å². The number of rotatable bonds is 6. The van der Waals surface area contributed by atoms with Crippen molar-refractivity contribution in [2.24, 2.45) is 5.92 Å². The van der Waals surface area contributed by atoms with Crippen LogP contribution in [0.3, 0.4) is 0 Å². The number of carboxylic acids is 1. The summed E-state index contributed by atoms with van der Waals surface area (Å²) >= 11 is 7.75. The molecule has 25 heavy (non-hydrogen) atoms. The number of thiophene rings is 1. The van der Waals surface area contributed by atoms with Crippen LogP contribution in [-0.2, 0) is 4.79 Å². The average Bonchev–Trinajstić information content (AvgIpc) is 3.03. The lowest BCUT2D eigenvalue weighted by Crippen LogP contribution is -2.39. The minimum absolute atomic E-state index is 0.0999. The molecule has 2 heterocycles. The Morgan fingerprint density at radius 1 is 1.28 bits per heavy atom. The Hall–Kier alpha value is -1.56. The first-order valence-corrected chi connectivity index (χ1v) is 9.72. The van der Waals surface area contributed by atoms with E-state index in [1.54, 1.807) is 11.3 Å². The SMILES string of the molecule is CCOc1ccc(C(c2ccc(Cl)s2)N2CCC(C(=O)O)CC2)cc1. The maximum Gasteiger partial charge on any atom is 0.306 e. The van der Waals surface area contributed by atoms with Gasteiger partial charge in [0.25, 0.3) is 0 Å². The van der Waals surface area contributed by atoms with Crippen LogP contribution in [0.2, 0.25) is 4.34 Å². The van der Waals surface area contributed by atoms with E-state index in [4.69, 9.17) is 16.3 Å². The van der Waals surface area contributed by atoms with Crippen LogP contribution in [0.15, 0.2) is 36.4 Å². The summed E-state index contributed by atoms with van der Waals surface area (Å²) in [5.41, 5.74) is 1.18. The summed E-state index contributed by atoms with van der Waals surface area (Å²) in [5.74, 6) is -0.0561. The molecule has 6 heteroatoms. The molecule has 134 valence electrons. The lowest BCUT2D eigenvalue weighted by molar-refractivity contribution is -0.143. The molecule has 1 N–H and O–H groups in total. The first kappa shape index (κ1) is 18.2. The van der Waals surface area contributed by atoms with Crippen molar-refractivity contribution < 1.29 is 14.6 Å². The van der Waals surface area contributed by atoms with E-state index in [0.717, 1.165) is 23.2 Å². The lowest BCUT2D eigenvalue weighted by Gasteiger charge is -2.36. The Kier molecular flexibility index (Phi) is 5.99. The molecule has 1 aromatic heterocycles. The average molecular weight is 380 g/mol. The highest BCUT2D eigenvalue weighted by Gasteiger charge is 2.30. The number of halogens is 1. The third kappa shape index (κ3) is 4.35. The topological polar surface area (TPSA) is 49.8 Å². The van der Waals surface area contributed by atoms with Gasteiger partial charge in [-0.3, -0.25) is 9.69 Å². The van der Waals surface area contributed by atoms with Crippen LogP contribution in [0.1, 0.15) is 36.2 Å². The van der Waals surface area contributed by atoms with Gasteiger partial charge in [-0.15, -0.1) is 11.3 Å². The van der Waals surface area contributed by atoms with Crippen molar-refractivity contribution in [3.05, 3.63) is 51.2 Å². The van der Waals surface area contributed by atoms with E-state index < -0.39 is 5.97 Å². The summed E-state index contributed by atoms with van der Waals surface area (Å²) in [4.78, 5) is 14.8. The molecule has 2 aromatic rings. The predicted octanol–water partition coefficient (Wildman–Crippen LogP) is 4.69. The molecule has 0 saturated carbocycles. The molecule has 4 nitrogen and oxygen atoms in total. The molecule has 1 unspecified atom stereocenters. The standard InChI is InChI=1S/C19H22ClNO3S/c1-2-24-15-5-3-13(4-6-15)18(16-7-8-17(20)25-16)21-11-9-14(10-12-21)19(22)23/h3-8,14,18H,2,9-12H2,1H3,(H,22,23). The molecule has 1 atom stereocenters. The first-order chi connectivity index (χ1) is 12.1. The van der Waals surface area contributed by atoms with Gasteiger partial charge < -0.3 is 9.84 Å². The molecule has 0 bridgehead atoms.